The fraction of sp³-hybridized carbons (Fsp3) is 0.457. The van der Waals surface area contributed by atoms with Crippen LogP contribution in [0.3, 0.4) is 0 Å². The average Bonchev–Trinajstić information content (AvgIpc) is 3.02. The van der Waals surface area contributed by atoms with Crippen LogP contribution in [-0.4, -0.2) is 81.7 Å². The van der Waals surface area contributed by atoms with Gasteiger partial charge in [0.25, 0.3) is 5.91 Å². The van der Waals surface area contributed by atoms with Gasteiger partial charge in [0.2, 0.25) is 5.78 Å². The van der Waals surface area contributed by atoms with Crippen LogP contribution in [0.5, 0.6) is 11.5 Å². The number of methoxy groups -OCH3 is 1. The Labute approximate surface area is 267 Å². The molecule has 6 rings (SSSR count). The van der Waals surface area contributed by atoms with Crippen molar-refractivity contribution in [3.05, 3.63) is 69.7 Å². The number of rotatable bonds is 7. The third kappa shape index (κ3) is 4.88. The van der Waals surface area contributed by atoms with E-state index in [0.29, 0.717) is 29.5 Å². The molecule has 0 heterocycles. The number of ether oxygens (including phenoxy) is 1. The van der Waals surface area contributed by atoms with Gasteiger partial charge in [-0.25, -0.2) is 0 Å². The number of nitrogens with one attached hydrogen (secondary N) is 1. The molecule has 1 fully saturated rings. The van der Waals surface area contributed by atoms with E-state index >= 15 is 0 Å². The average molecular weight is 632 g/mol. The summed E-state index contributed by atoms with van der Waals surface area (Å²) in [4.78, 5) is 41.5. The largest absolute Gasteiger partial charge is 0.510 e. The highest BCUT2D eigenvalue weighted by Crippen LogP contribution is 2.53. The summed E-state index contributed by atoms with van der Waals surface area (Å²) in [6.07, 6.45) is 6.20. The number of nitrogens with zero attached hydrogens (tertiary/aromatic N) is 1. The molecule has 11 nitrogen and oxygen atoms in total. The molecule has 46 heavy (non-hydrogen) atoms. The number of phenols is 1. The number of benzene rings is 2. The number of aromatic hydroxyl groups is 1. The molecule has 0 saturated heterocycles. The quantitative estimate of drug-likeness (QED) is 0.248. The van der Waals surface area contributed by atoms with Gasteiger partial charge < -0.3 is 36.2 Å². The Morgan fingerprint density at radius 1 is 1.07 bits per heavy atom. The summed E-state index contributed by atoms with van der Waals surface area (Å²) in [6.45, 7) is 0.661. The minimum Gasteiger partial charge on any atom is -0.510 e. The van der Waals surface area contributed by atoms with Crippen LogP contribution in [0.25, 0.3) is 11.1 Å². The number of carbonyl (C=O) groups is 3. The number of likely N-dealkylation sites (N-methyl/N-ethyl adjacent to an activating group) is 1. The molecule has 0 spiro atoms. The first-order chi connectivity index (χ1) is 21.9. The lowest BCUT2D eigenvalue weighted by Crippen LogP contribution is -2.63. The predicted octanol–water partition coefficient (Wildman–Crippen LogP) is 3.22. The maximum Gasteiger partial charge on any atom is 0.255 e. The van der Waals surface area contributed by atoms with E-state index in [1.165, 1.54) is 30.2 Å². The minimum atomic E-state index is -2.68. The zero-order valence-electron chi connectivity index (χ0n) is 26.3. The van der Waals surface area contributed by atoms with Gasteiger partial charge in [-0.3, -0.25) is 19.3 Å². The summed E-state index contributed by atoms with van der Waals surface area (Å²) in [6, 6.07) is 8.47. The SMILES string of the molecule is COc1ccc(CNC2CCCCC2)cc1-c1ccc(O)c2c1CC1CC3C(N(C)C)C(O)=C(C(N)=O)C(=O)C3(O)C(O)=C1C2=O. The molecule has 11 heteroatoms. The van der Waals surface area contributed by atoms with Crippen molar-refractivity contribution in [2.24, 2.45) is 17.6 Å². The molecule has 244 valence electrons. The number of ketones is 2. The van der Waals surface area contributed by atoms with Crippen molar-refractivity contribution >= 4 is 17.5 Å². The normalized spacial score (nSPS) is 26.6. The van der Waals surface area contributed by atoms with Crippen molar-refractivity contribution in [2.75, 3.05) is 21.2 Å². The van der Waals surface area contributed by atoms with Crippen LogP contribution in [0.4, 0.5) is 0 Å². The number of aliphatic hydroxyl groups is 3. The Balaban J connectivity index is 1.45. The molecule has 4 aliphatic carbocycles. The Hall–Kier alpha value is -4.19. The van der Waals surface area contributed by atoms with Gasteiger partial charge in [0.05, 0.1) is 18.7 Å². The Morgan fingerprint density at radius 3 is 2.43 bits per heavy atom. The predicted molar refractivity (Wildman–Crippen MR) is 169 cm³/mol. The summed E-state index contributed by atoms with van der Waals surface area (Å²) in [5.74, 6) is -6.21. The number of amides is 1. The molecule has 2 aromatic rings. The fourth-order valence-electron chi connectivity index (χ4n) is 8.15. The molecule has 0 bridgehead atoms. The molecule has 1 saturated carbocycles. The molecule has 7 N–H and O–H groups in total. The van der Waals surface area contributed by atoms with Crippen molar-refractivity contribution in [3.8, 4) is 22.6 Å². The van der Waals surface area contributed by atoms with E-state index in [-0.39, 0.29) is 29.7 Å². The van der Waals surface area contributed by atoms with Gasteiger partial charge in [-0.05, 0) is 80.6 Å². The van der Waals surface area contributed by atoms with E-state index in [0.717, 1.165) is 24.0 Å². The Bertz CT molecular complexity index is 1690. The molecule has 0 aliphatic heterocycles. The van der Waals surface area contributed by atoms with Crippen molar-refractivity contribution in [1.29, 1.82) is 0 Å². The number of fused-ring (bicyclic) bond motifs is 3. The number of primary amides is 1. The van der Waals surface area contributed by atoms with Gasteiger partial charge in [0.15, 0.2) is 11.4 Å². The van der Waals surface area contributed by atoms with E-state index in [1.807, 2.05) is 18.2 Å². The second-order valence-electron chi connectivity index (χ2n) is 13.2. The molecule has 4 aliphatic rings. The number of hydrogen-bond acceptors (Lipinski definition) is 10. The number of phenolic OH excluding ortho intramolecular Hbond substituents is 1. The first-order valence-electron chi connectivity index (χ1n) is 15.8. The summed E-state index contributed by atoms with van der Waals surface area (Å²) in [5.41, 5.74) is 4.69. The highest BCUT2D eigenvalue weighted by atomic mass is 16.5. The molecular weight excluding hydrogens is 590 g/mol. The van der Waals surface area contributed by atoms with E-state index < -0.39 is 58.0 Å². The van der Waals surface area contributed by atoms with Gasteiger partial charge in [-0.2, -0.15) is 0 Å². The Morgan fingerprint density at radius 2 is 1.78 bits per heavy atom. The summed E-state index contributed by atoms with van der Waals surface area (Å²) in [7, 11) is 4.77. The van der Waals surface area contributed by atoms with Crippen molar-refractivity contribution < 1.29 is 39.5 Å². The van der Waals surface area contributed by atoms with E-state index in [4.69, 9.17) is 10.5 Å². The van der Waals surface area contributed by atoms with Crippen molar-refractivity contribution in [2.45, 2.75) is 69.2 Å². The third-order valence-electron chi connectivity index (χ3n) is 10.4. The molecule has 2 aromatic carbocycles. The zero-order chi connectivity index (χ0) is 33.1. The summed E-state index contributed by atoms with van der Waals surface area (Å²) in [5, 5.41) is 49.1. The lowest BCUT2D eigenvalue weighted by Gasteiger charge is -2.50. The van der Waals surface area contributed by atoms with Crippen LogP contribution < -0.4 is 15.8 Å². The molecule has 1 amide bonds. The third-order valence-corrected chi connectivity index (χ3v) is 10.4. The summed E-state index contributed by atoms with van der Waals surface area (Å²) < 4.78 is 5.73. The lowest BCUT2D eigenvalue weighted by molar-refractivity contribution is -0.148. The number of aliphatic hydroxyl groups excluding tert-OH is 2. The highest BCUT2D eigenvalue weighted by Gasteiger charge is 2.63. The topological polar surface area (TPSA) is 183 Å². The number of nitrogens with two attached hydrogens (primary N) is 1. The van der Waals surface area contributed by atoms with Crippen LogP contribution in [0.2, 0.25) is 0 Å². The second-order valence-corrected chi connectivity index (χ2v) is 13.2. The van der Waals surface area contributed by atoms with Gasteiger partial charge >= 0.3 is 0 Å². The van der Waals surface area contributed by atoms with Crippen LogP contribution >= 0.6 is 0 Å². The van der Waals surface area contributed by atoms with Crippen molar-refractivity contribution in [1.82, 2.24) is 10.2 Å². The monoisotopic (exact) mass is 631 g/mol. The number of hydrogen-bond donors (Lipinski definition) is 6. The van der Waals surface area contributed by atoms with E-state index in [1.54, 1.807) is 27.3 Å². The highest BCUT2D eigenvalue weighted by molar-refractivity contribution is 6.25. The van der Waals surface area contributed by atoms with Gasteiger partial charge in [0.1, 0.15) is 28.6 Å². The van der Waals surface area contributed by atoms with Crippen molar-refractivity contribution in [3.63, 3.8) is 0 Å². The molecular formula is C35H41N3O8. The summed E-state index contributed by atoms with van der Waals surface area (Å²) >= 11 is 0. The van der Waals surface area contributed by atoms with E-state index in [9.17, 15) is 34.8 Å². The molecule has 0 radical (unpaired) electrons. The first kappa shape index (κ1) is 31.8. The fourth-order valence-corrected chi connectivity index (χ4v) is 8.15. The number of carbonyl (C=O) groups excluding carboxylic acids is 3. The van der Waals surface area contributed by atoms with Gasteiger partial charge in [-0.15, -0.1) is 0 Å². The zero-order valence-corrected chi connectivity index (χ0v) is 26.3. The van der Waals surface area contributed by atoms with Crippen LogP contribution in [-0.2, 0) is 22.6 Å². The van der Waals surface area contributed by atoms with Crippen LogP contribution in [0.1, 0.15) is 60.0 Å². The molecule has 0 aromatic heterocycles. The smallest absolute Gasteiger partial charge is 0.255 e. The van der Waals surface area contributed by atoms with E-state index in [2.05, 4.69) is 5.32 Å². The first-order valence-corrected chi connectivity index (χ1v) is 15.8. The number of Topliss-reactive ketones (excluding diaryl/α,β-unsaturated/α-hetero) is 2. The number of allylic oxidation sites excluding steroid dienone is 1. The van der Waals surface area contributed by atoms with Crippen LogP contribution in [0, 0.1) is 11.8 Å². The second kappa shape index (κ2) is 11.9. The lowest BCUT2D eigenvalue weighted by atomic mass is 9.58. The van der Waals surface area contributed by atoms with Gasteiger partial charge in [0, 0.05) is 29.6 Å². The van der Waals surface area contributed by atoms with Crippen LogP contribution in [0.15, 0.2) is 53.0 Å². The maximum absolute atomic E-state index is 14.2. The maximum atomic E-state index is 14.2. The van der Waals surface area contributed by atoms with Gasteiger partial charge in [-0.1, -0.05) is 31.4 Å². The Kier molecular flexibility index (Phi) is 8.20. The molecule has 4 atom stereocenters. The standard InChI is InChI=1S/C35H41N3O8/c1-38(2)29-23-15-18-14-22-20(21-13-17(9-12-25(21)46-3)16-37-19-7-5-4-6-8-19)10-11-24(39)27(22)30(40)26(18)32(42)35(23,45)33(43)28(31(29)41)34(36)44/h9-13,18-19,23,29,37,39,41-42,45H,4-8,14-16H2,1-3H3,(H2,36,44). The minimum absolute atomic E-state index is 0.0172. The molecule has 4 unspecified atom stereocenters.